The summed E-state index contributed by atoms with van der Waals surface area (Å²) in [6, 6.07) is 12.7. The van der Waals surface area contributed by atoms with Crippen LogP contribution in [-0.2, 0) is 19.8 Å². The third-order valence-electron chi connectivity index (χ3n) is 2.81. The molecule has 0 spiro atoms. The van der Waals surface area contributed by atoms with E-state index in [1.807, 2.05) is 24.3 Å². The van der Waals surface area contributed by atoms with E-state index < -0.39 is 0 Å². The Hall–Kier alpha value is -1.55. The van der Waals surface area contributed by atoms with Crippen molar-refractivity contribution in [2.24, 2.45) is 0 Å². The number of aliphatic hydroxyl groups excluding tert-OH is 2. The minimum Gasteiger partial charge on any atom is -0.487 e. The average molecular weight is 279 g/mol. The van der Waals surface area contributed by atoms with E-state index in [-0.39, 0.29) is 13.2 Å². The maximum atomic E-state index is 9.24. The molecule has 0 radical (unpaired) electrons. The van der Waals surface area contributed by atoms with Crippen LogP contribution in [0, 0.1) is 0 Å². The zero-order valence-electron chi connectivity index (χ0n) is 10.3. The summed E-state index contributed by atoms with van der Waals surface area (Å²) in [5.41, 5.74) is 2.50. The number of aliphatic hydroxyl groups is 2. The predicted molar refractivity (Wildman–Crippen MR) is 74.1 cm³/mol. The molecule has 0 aromatic heterocycles. The van der Waals surface area contributed by atoms with Crippen LogP contribution in [0.2, 0.25) is 5.02 Å². The second-order valence-electron chi connectivity index (χ2n) is 4.15. The molecule has 0 amide bonds. The first-order valence-corrected chi connectivity index (χ1v) is 6.32. The molecule has 0 atom stereocenters. The minimum atomic E-state index is -0.112. The van der Waals surface area contributed by atoms with E-state index in [2.05, 4.69) is 0 Å². The van der Waals surface area contributed by atoms with E-state index in [1.54, 1.807) is 18.2 Å². The van der Waals surface area contributed by atoms with Crippen LogP contribution in [0.1, 0.15) is 16.7 Å². The van der Waals surface area contributed by atoms with Crippen molar-refractivity contribution < 1.29 is 14.9 Å². The van der Waals surface area contributed by atoms with Gasteiger partial charge in [-0.15, -0.1) is 0 Å². The van der Waals surface area contributed by atoms with E-state index in [0.717, 1.165) is 11.1 Å². The Morgan fingerprint density at radius 2 is 1.58 bits per heavy atom. The molecule has 0 aliphatic rings. The Bertz CT molecular complexity index is 538. The van der Waals surface area contributed by atoms with Gasteiger partial charge in [-0.2, -0.15) is 0 Å². The van der Waals surface area contributed by atoms with Gasteiger partial charge in [0.05, 0.1) is 18.2 Å². The van der Waals surface area contributed by atoms with Gasteiger partial charge in [0.15, 0.2) is 0 Å². The van der Waals surface area contributed by atoms with Gasteiger partial charge in [-0.25, -0.2) is 0 Å². The van der Waals surface area contributed by atoms with Gasteiger partial charge in [0.1, 0.15) is 12.4 Å². The number of hydrogen-bond donors (Lipinski definition) is 2. The van der Waals surface area contributed by atoms with Crippen molar-refractivity contribution >= 4 is 11.6 Å². The lowest BCUT2D eigenvalue weighted by atomic mass is 10.1. The zero-order valence-corrected chi connectivity index (χ0v) is 11.1. The van der Waals surface area contributed by atoms with Crippen LogP contribution < -0.4 is 4.74 Å². The Labute approximate surface area is 117 Å². The van der Waals surface area contributed by atoms with Crippen LogP contribution in [0.15, 0.2) is 42.5 Å². The number of rotatable bonds is 5. The highest BCUT2D eigenvalue weighted by molar-refractivity contribution is 6.32. The Morgan fingerprint density at radius 1 is 0.895 bits per heavy atom. The van der Waals surface area contributed by atoms with E-state index >= 15 is 0 Å². The summed E-state index contributed by atoms with van der Waals surface area (Å²) >= 11 is 6.05. The summed E-state index contributed by atoms with van der Waals surface area (Å²) in [5, 5.41) is 18.7. The van der Waals surface area contributed by atoms with Crippen LogP contribution in [0.3, 0.4) is 0 Å². The molecule has 0 aliphatic carbocycles. The van der Waals surface area contributed by atoms with Crippen molar-refractivity contribution in [1.29, 1.82) is 0 Å². The smallest absolute Gasteiger partial charge is 0.143 e. The average Bonchev–Trinajstić information content (AvgIpc) is 2.46. The van der Waals surface area contributed by atoms with Crippen LogP contribution in [0.25, 0.3) is 0 Å². The third kappa shape index (κ3) is 3.47. The van der Waals surface area contributed by atoms with Crippen LogP contribution in [0.5, 0.6) is 5.75 Å². The molecular formula is C15H15ClO3. The quantitative estimate of drug-likeness (QED) is 0.884. The van der Waals surface area contributed by atoms with Crippen molar-refractivity contribution in [3.8, 4) is 5.75 Å². The lowest BCUT2D eigenvalue weighted by Gasteiger charge is -2.12. The fourth-order valence-electron chi connectivity index (χ4n) is 1.74. The summed E-state index contributed by atoms with van der Waals surface area (Å²) in [7, 11) is 0. The van der Waals surface area contributed by atoms with Crippen molar-refractivity contribution in [2.75, 3.05) is 0 Å². The minimum absolute atomic E-state index is 0.0281. The fraction of sp³-hybridized carbons (Fsp3) is 0.200. The van der Waals surface area contributed by atoms with Gasteiger partial charge in [-0.3, -0.25) is 0 Å². The third-order valence-corrected chi connectivity index (χ3v) is 3.11. The predicted octanol–water partition coefficient (Wildman–Crippen LogP) is 2.90. The first kappa shape index (κ1) is 13.9. The highest BCUT2D eigenvalue weighted by Crippen LogP contribution is 2.29. The highest BCUT2D eigenvalue weighted by Gasteiger charge is 2.07. The topological polar surface area (TPSA) is 49.7 Å². The van der Waals surface area contributed by atoms with Crippen LogP contribution in [0.4, 0.5) is 0 Å². The number of halogens is 1. The molecule has 0 heterocycles. The summed E-state index contributed by atoms with van der Waals surface area (Å²) in [6.07, 6.45) is 0. The Kier molecular flexibility index (Phi) is 4.80. The monoisotopic (exact) mass is 278 g/mol. The standard InChI is InChI=1S/C15H15ClO3/c16-14-3-1-2-13(9-18)15(14)19-10-12-6-4-11(8-17)5-7-12/h1-7,17-18H,8-10H2. The molecule has 0 bridgehead atoms. The first-order valence-electron chi connectivity index (χ1n) is 5.94. The van der Waals surface area contributed by atoms with Gasteiger partial charge in [-0.05, 0) is 17.2 Å². The molecule has 4 heteroatoms. The number of ether oxygens (including phenoxy) is 1. The molecule has 0 aliphatic heterocycles. The second-order valence-corrected chi connectivity index (χ2v) is 4.56. The maximum absolute atomic E-state index is 9.24. The molecule has 19 heavy (non-hydrogen) atoms. The van der Waals surface area contributed by atoms with Crippen molar-refractivity contribution in [1.82, 2.24) is 0 Å². The molecule has 2 rings (SSSR count). The van der Waals surface area contributed by atoms with Gasteiger partial charge in [-0.1, -0.05) is 48.0 Å². The van der Waals surface area contributed by atoms with Gasteiger partial charge in [0.25, 0.3) is 0 Å². The van der Waals surface area contributed by atoms with Crippen LogP contribution >= 0.6 is 11.6 Å². The lowest BCUT2D eigenvalue weighted by Crippen LogP contribution is -1.99. The molecule has 0 unspecified atom stereocenters. The molecule has 2 N–H and O–H groups in total. The van der Waals surface area contributed by atoms with Gasteiger partial charge in [0.2, 0.25) is 0 Å². The van der Waals surface area contributed by atoms with Crippen LogP contribution in [-0.4, -0.2) is 10.2 Å². The normalized spacial score (nSPS) is 10.5. The SMILES string of the molecule is OCc1ccc(COc2c(Cl)cccc2CO)cc1. The zero-order chi connectivity index (χ0) is 13.7. The summed E-state index contributed by atoms with van der Waals surface area (Å²) in [5.74, 6) is 0.512. The van der Waals surface area contributed by atoms with Gasteiger partial charge < -0.3 is 14.9 Å². The van der Waals surface area contributed by atoms with Crippen molar-refractivity contribution in [3.05, 3.63) is 64.2 Å². The molecule has 0 fully saturated rings. The Morgan fingerprint density at radius 3 is 2.21 bits per heavy atom. The lowest BCUT2D eigenvalue weighted by molar-refractivity contribution is 0.259. The van der Waals surface area contributed by atoms with Crippen molar-refractivity contribution in [2.45, 2.75) is 19.8 Å². The summed E-state index contributed by atoms with van der Waals surface area (Å²) < 4.78 is 5.66. The number of benzene rings is 2. The number of para-hydroxylation sites is 1. The molecule has 3 nitrogen and oxygen atoms in total. The summed E-state index contributed by atoms with van der Waals surface area (Å²) in [6.45, 7) is 0.280. The molecule has 0 saturated carbocycles. The van der Waals surface area contributed by atoms with Gasteiger partial charge in [0, 0.05) is 5.56 Å². The molecule has 100 valence electrons. The summed E-state index contributed by atoms with van der Waals surface area (Å²) in [4.78, 5) is 0. The maximum Gasteiger partial charge on any atom is 0.143 e. The highest BCUT2D eigenvalue weighted by atomic mass is 35.5. The largest absolute Gasteiger partial charge is 0.487 e. The second kappa shape index (κ2) is 6.57. The Balaban J connectivity index is 2.09. The van der Waals surface area contributed by atoms with E-state index in [4.69, 9.17) is 21.4 Å². The van der Waals surface area contributed by atoms with E-state index in [1.165, 1.54) is 0 Å². The molecule has 2 aromatic carbocycles. The molecule has 0 saturated heterocycles. The fourth-order valence-corrected chi connectivity index (χ4v) is 1.98. The molecule has 2 aromatic rings. The van der Waals surface area contributed by atoms with E-state index in [0.29, 0.717) is 22.9 Å². The first-order chi connectivity index (χ1) is 9.24. The van der Waals surface area contributed by atoms with E-state index in [9.17, 15) is 5.11 Å². The number of hydrogen-bond acceptors (Lipinski definition) is 3. The van der Waals surface area contributed by atoms with Crippen molar-refractivity contribution in [3.63, 3.8) is 0 Å². The molecular weight excluding hydrogens is 264 g/mol. The van der Waals surface area contributed by atoms with Gasteiger partial charge >= 0.3 is 0 Å².